The lowest BCUT2D eigenvalue weighted by Gasteiger charge is -2.16. The highest BCUT2D eigenvalue weighted by Crippen LogP contribution is 2.30. The Kier molecular flexibility index (Phi) is 4.01. The van der Waals surface area contributed by atoms with Crippen molar-refractivity contribution in [3.8, 4) is 5.75 Å². The average Bonchev–Trinajstić information content (AvgIpc) is 2.71. The smallest absolute Gasteiger partial charge is 0.329 e. The van der Waals surface area contributed by atoms with Crippen LogP contribution in [-0.4, -0.2) is 38.8 Å². The van der Waals surface area contributed by atoms with E-state index in [0.29, 0.717) is 24.5 Å². The van der Waals surface area contributed by atoms with Crippen LogP contribution >= 0.6 is 0 Å². The summed E-state index contributed by atoms with van der Waals surface area (Å²) >= 11 is 0. The molecule has 0 saturated carbocycles. The molecule has 1 aliphatic heterocycles. The maximum absolute atomic E-state index is 12.2. The first-order valence-electron chi connectivity index (χ1n) is 5.95. The first kappa shape index (κ1) is 13.4. The summed E-state index contributed by atoms with van der Waals surface area (Å²) in [5.41, 5.74) is 0.451. The predicted molar refractivity (Wildman–Crippen MR) is 69.3 cm³/mol. The van der Waals surface area contributed by atoms with Crippen LogP contribution in [0.2, 0.25) is 0 Å². The van der Waals surface area contributed by atoms with Crippen LogP contribution in [0.3, 0.4) is 0 Å². The molecule has 1 fully saturated rings. The van der Waals surface area contributed by atoms with Crippen molar-refractivity contribution in [2.45, 2.75) is 12.5 Å². The summed E-state index contributed by atoms with van der Waals surface area (Å²) in [6, 6.07) is 5.94. The third-order valence-electron chi connectivity index (χ3n) is 2.96. The summed E-state index contributed by atoms with van der Waals surface area (Å²) < 4.78 is 10.1. The van der Waals surface area contributed by atoms with E-state index in [2.05, 4.69) is 5.32 Å². The summed E-state index contributed by atoms with van der Waals surface area (Å²) in [6.45, 7) is 0.413. The Morgan fingerprint density at radius 1 is 1.26 bits per heavy atom. The molecular formula is C13H16N2O4. The number of hydrogen-bond acceptors (Lipinski definition) is 4. The molecule has 1 heterocycles. The highest BCUT2D eigenvalue weighted by Gasteiger charge is 2.39. The van der Waals surface area contributed by atoms with Gasteiger partial charge in [0.2, 0.25) is 0 Å². The maximum Gasteiger partial charge on any atom is 0.329 e. The summed E-state index contributed by atoms with van der Waals surface area (Å²) in [6.07, 6.45) is 0.451. The standard InChI is InChI=1S/C13H16N2O4/c1-18-8-7-9-12(16)15(13(17)14-9)10-5-3-4-6-11(10)19-2/h3-6,9H,7-8H2,1-2H3,(H,14,17). The largest absolute Gasteiger partial charge is 0.495 e. The Balaban J connectivity index is 2.25. The normalized spacial score (nSPS) is 18.6. The van der Waals surface area contributed by atoms with Gasteiger partial charge >= 0.3 is 6.03 Å². The molecule has 0 bridgehead atoms. The Bertz CT molecular complexity index is 489. The molecule has 1 aromatic carbocycles. The molecule has 0 aromatic heterocycles. The second kappa shape index (κ2) is 5.71. The molecule has 1 saturated heterocycles. The zero-order chi connectivity index (χ0) is 13.8. The lowest BCUT2D eigenvalue weighted by Crippen LogP contribution is -2.32. The maximum atomic E-state index is 12.2. The molecule has 2 rings (SSSR count). The highest BCUT2D eigenvalue weighted by molar-refractivity contribution is 6.22. The number of nitrogens with zero attached hydrogens (tertiary/aromatic N) is 1. The van der Waals surface area contributed by atoms with E-state index in [4.69, 9.17) is 9.47 Å². The number of imide groups is 1. The van der Waals surface area contributed by atoms with Crippen molar-refractivity contribution in [2.24, 2.45) is 0 Å². The fourth-order valence-corrected chi connectivity index (χ4v) is 2.01. The van der Waals surface area contributed by atoms with E-state index in [9.17, 15) is 9.59 Å². The number of urea groups is 1. The number of benzene rings is 1. The predicted octanol–water partition coefficient (Wildman–Crippen LogP) is 1.16. The SMILES string of the molecule is COCCC1NC(=O)N(c2ccccc2OC)C1=O. The molecule has 0 radical (unpaired) electrons. The monoisotopic (exact) mass is 264 g/mol. The number of methoxy groups -OCH3 is 2. The average molecular weight is 264 g/mol. The number of nitrogens with one attached hydrogen (secondary N) is 1. The van der Waals surface area contributed by atoms with Gasteiger partial charge in [0.1, 0.15) is 11.8 Å². The van der Waals surface area contributed by atoms with Crippen LogP contribution in [0.4, 0.5) is 10.5 Å². The summed E-state index contributed by atoms with van der Waals surface area (Å²) in [5, 5.41) is 2.64. The Labute approximate surface area is 111 Å². The zero-order valence-electron chi connectivity index (χ0n) is 10.9. The molecule has 1 aliphatic rings. The lowest BCUT2D eigenvalue weighted by molar-refractivity contribution is -0.118. The summed E-state index contributed by atoms with van der Waals surface area (Å²) in [7, 11) is 3.05. The fraction of sp³-hybridized carbons (Fsp3) is 0.385. The quantitative estimate of drug-likeness (QED) is 0.810. The van der Waals surface area contributed by atoms with Gasteiger partial charge in [-0.25, -0.2) is 9.69 Å². The Morgan fingerprint density at radius 3 is 2.68 bits per heavy atom. The minimum atomic E-state index is -0.544. The van der Waals surface area contributed by atoms with Gasteiger partial charge in [-0.05, 0) is 12.1 Å². The third kappa shape index (κ3) is 2.53. The van der Waals surface area contributed by atoms with E-state index < -0.39 is 12.1 Å². The number of hydrogen-bond donors (Lipinski definition) is 1. The van der Waals surface area contributed by atoms with Gasteiger partial charge in [-0.2, -0.15) is 0 Å². The second-order valence-corrected chi connectivity index (χ2v) is 4.13. The topological polar surface area (TPSA) is 67.9 Å². The first-order valence-corrected chi connectivity index (χ1v) is 5.95. The van der Waals surface area contributed by atoms with Gasteiger partial charge in [0.05, 0.1) is 12.8 Å². The van der Waals surface area contributed by atoms with Crippen LogP contribution in [0, 0.1) is 0 Å². The highest BCUT2D eigenvalue weighted by atomic mass is 16.5. The molecule has 1 aromatic rings. The molecule has 3 amide bonds. The number of rotatable bonds is 5. The summed E-state index contributed by atoms with van der Waals surface area (Å²) in [4.78, 5) is 25.3. The summed E-state index contributed by atoms with van der Waals surface area (Å²) in [5.74, 6) is 0.199. The fourth-order valence-electron chi connectivity index (χ4n) is 2.01. The second-order valence-electron chi connectivity index (χ2n) is 4.13. The first-order chi connectivity index (χ1) is 9.19. The van der Waals surface area contributed by atoms with Crippen LogP contribution in [0.5, 0.6) is 5.75 Å². The number of amides is 3. The van der Waals surface area contributed by atoms with E-state index in [0.717, 1.165) is 4.90 Å². The minimum Gasteiger partial charge on any atom is -0.495 e. The van der Waals surface area contributed by atoms with Crippen molar-refractivity contribution in [3.05, 3.63) is 24.3 Å². The molecule has 19 heavy (non-hydrogen) atoms. The molecule has 0 spiro atoms. The van der Waals surface area contributed by atoms with Crippen molar-refractivity contribution in [1.29, 1.82) is 0 Å². The molecular weight excluding hydrogens is 248 g/mol. The van der Waals surface area contributed by atoms with Gasteiger partial charge in [0.15, 0.2) is 0 Å². The van der Waals surface area contributed by atoms with E-state index in [1.54, 1.807) is 31.4 Å². The van der Waals surface area contributed by atoms with Crippen LogP contribution in [-0.2, 0) is 9.53 Å². The number of ether oxygens (including phenoxy) is 2. The van der Waals surface area contributed by atoms with Gasteiger partial charge in [-0.3, -0.25) is 4.79 Å². The van der Waals surface area contributed by atoms with Crippen molar-refractivity contribution < 1.29 is 19.1 Å². The van der Waals surface area contributed by atoms with Gasteiger partial charge in [0, 0.05) is 20.1 Å². The minimum absolute atomic E-state index is 0.286. The van der Waals surface area contributed by atoms with Crippen molar-refractivity contribution in [2.75, 3.05) is 25.7 Å². The van der Waals surface area contributed by atoms with E-state index >= 15 is 0 Å². The Hall–Kier alpha value is -2.08. The van der Waals surface area contributed by atoms with Crippen LogP contribution in [0.15, 0.2) is 24.3 Å². The Morgan fingerprint density at radius 2 is 2.00 bits per heavy atom. The van der Waals surface area contributed by atoms with Crippen molar-refractivity contribution >= 4 is 17.6 Å². The van der Waals surface area contributed by atoms with Gasteiger partial charge in [0.25, 0.3) is 5.91 Å². The molecule has 1 atom stereocenters. The molecule has 102 valence electrons. The van der Waals surface area contributed by atoms with Crippen LogP contribution in [0.1, 0.15) is 6.42 Å². The number of anilines is 1. The zero-order valence-corrected chi connectivity index (χ0v) is 10.9. The molecule has 0 aliphatic carbocycles. The van der Waals surface area contributed by atoms with Gasteiger partial charge < -0.3 is 14.8 Å². The van der Waals surface area contributed by atoms with Crippen LogP contribution < -0.4 is 15.0 Å². The van der Waals surface area contributed by atoms with Crippen molar-refractivity contribution in [1.82, 2.24) is 5.32 Å². The molecule has 6 heteroatoms. The number of carbonyl (C=O) groups excluding carboxylic acids is 2. The van der Waals surface area contributed by atoms with E-state index in [1.807, 2.05) is 0 Å². The van der Waals surface area contributed by atoms with Crippen molar-refractivity contribution in [3.63, 3.8) is 0 Å². The number of para-hydroxylation sites is 2. The van der Waals surface area contributed by atoms with E-state index in [-0.39, 0.29) is 5.91 Å². The molecule has 1 unspecified atom stereocenters. The van der Waals surface area contributed by atoms with E-state index in [1.165, 1.54) is 7.11 Å². The molecule has 6 nitrogen and oxygen atoms in total. The van der Waals surface area contributed by atoms with Gasteiger partial charge in [-0.15, -0.1) is 0 Å². The third-order valence-corrected chi connectivity index (χ3v) is 2.96. The molecule has 1 N–H and O–H groups in total. The lowest BCUT2D eigenvalue weighted by atomic mass is 10.2. The van der Waals surface area contributed by atoms with Gasteiger partial charge in [-0.1, -0.05) is 12.1 Å². The number of carbonyl (C=O) groups is 2. The van der Waals surface area contributed by atoms with Crippen LogP contribution in [0.25, 0.3) is 0 Å².